The summed E-state index contributed by atoms with van der Waals surface area (Å²) in [7, 11) is 1.70. The number of hydrogen-bond donors (Lipinski definition) is 2. The molecule has 1 unspecified atom stereocenters. The van der Waals surface area contributed by atoms with E-state index in [9.17, 15) is 9.90 Å². The van der Waals surface area contributed by atoms with Crippen molar-refractivity contribution in [1.29, 1.82) is 0 Å². The first-order valence-corrected chi connectivity index (χ1v) is 6.95. The highest BCUT2D eigenvalue weighted by Gasteiger charge is 2.31. The predicted octanol–water partition coefficient (Wildman–Crippen LogP) is 1.52. The number of aryl methyl sites for hydroxylation is 2. The average Bonchev–Trinajstić information content (AvgIpc) is 2.71. The monoisotopic (exact) mass is 265 g/mol. The average molecular weight is 265 g/mol. The van der Waals surface area contributed by atoms with Crippen LogP contribution in [0.15, 0.2) is 0 Å². The van der Waals surface area contributed by atoms with E-state index in [1.165, 1.54) is 24.2 Å². The molecular formula is C14H23N3O2. The minimum Gasteiger partial charge on any atom is -0.480 e. The summed E-state index contributed by atoms with van der Waals surface area (Å²) < 4.78 is 2.20. The number of rotatable bonds is 5. The maximum absolute atomic E-state index is 11.3. The van der Waals surface area contributed by atoms with Crippen LogP contribution in [0.2, 0.25) is 0 Å². The molecule has 1 aliphatic rings. The van der Waals surface area contributed by atoms with Crippen molar-refractivity contribution in [2.75, 3.05) is 7.05 Å². The summed E-state index contributed by atoms with van der Waals surface area (Å²) in [6.45, 7) is 4.45. The molecule has 1 atom stereocenters. The molecule has 0 amide bonds. The first-order valence-electron chi connectivity index (χ1n) is 6.95. The van der Waals surface area contributed by atoms with Gasteiger partial charge in [-0.1, -0.05) is 0 Å². The molecule has 0 saturated heterocycles. The molecule has 2 N–H and O–H groups in total. The maximum atomic E-state index is 11.3. The fraction of sp³-hybridized carbons (Fsp3) is 0.714. The Morgan fingerprint density at radius 2 is 2.16 bits per heavy atom. The third-order valence-corrected chi connectivity index (χ3v) is 4.28. The topological polar surface area (TPSA) is 67.2 Å². The molecule has 0 saturated carbocycles. The number of carboxylic acid groups (broad SMARTS) is 1. The van der Waals surface area contributed by atoms with E-state index < -0.39 is 11.5 Å². The molecule has 1 aliphatic carbocycles. The molecule has 0 radical (unpaired) electrons. The van der Waals surface area contributed by atoms with Crippen molar-refractivity contribution in [3.05, 3.63) is 17.2 Å². The zero-order chi connectivity index (χ0) is 14.0. The molecule has 0 fully saturated rings. The van der Waals surface area contributed by atoms with Crippen molar-refractivity contribution < 1.29 is 9.90 Å². The van der Waals surface area contributed by atoms with Gasteiger partial charge in [-0.3, -0.25) is 4.79 Å². The Labute approximate surface area is 114 Å². The van der Waals surface area contributed by atoms with E-state index in [1.54, 1.807) is 14.0 Å². The summed E-state index contributed by atoms with van der Waals surface area (Å²) >= 11 is 0. The molecule has 106 valence electrons. The van der Waals surface area contributed by atoms with Crippen molar-refractivity contribution in [3.8, 4) is 0 Å². The van der Waals surface area contributed by atoms with Gasteiger partial charge in [0.1, 0.15) is 11.4 Å². The van der Waals surface area contributed by atoms with Crippen LogP contribution in [-0.2, 0) is 24.2 Å². The van der Waals surface area contributed by atoms with Gasteiger partial charge in [0.05, 0.1) is 5.69 Å². The van der Waals surface area contributed by atoms with Crippen LogP contribution in [0.5, 0.6) is 0 Å². The largest absolute Gasteiger partial charge is 0.480 e. The van der Waals surface area contributed by atoms with Gasteiger partial charge in [-0.05, 0) is 53.0 Å². The van der Waals surface area contributed by atoms with Gasteiger partial charge in [0.25, 0.3) is 0 Å². The smallest absolute Gasteiger partial charge is 0.323 e. The molecule has 2 rings (SSSR count). The van der Waals surface area contributed by atoms with E-state index in [1.807, 2.05) is 6.92 Å². The minimum absolute atomic E-state index is 0.558. The van der Waals surface area contributed by atoms with Crippen LogP contribution in [0.3, 0.4) is 0 Å². The van der Waals surface area contributed by atoms with Crippen LogP contribution in [0.1, 0.15) is 43.4 Å². The molecular weight excluding hydrogens is 242 g/mol. The second kappa shape index (κ2) is 5.33. The minimum atomic E-state index is -0.877. The summed E-state index contributed by atoms with van der Waals surface area (Å²) in [6, 6.07) is 0. The number of nitrogens with zero attached hydrogens (tertiary/aromatic N) is 2. The van der Waals surface area contributed by atoms with Crippen molar-refractivity contribution in [1.82, 2.24) is 14.9 Å². The molecule has 1 aromatic heterocycles. The van der Waals surface area contributed by atoms with Crippen LogP contribution < -0.4 is 5.32 Å². The van der Waals surface area contributed by atoms with E-state index in [-0.39, 0.29) is 0 Å². The molecule has 1 aromatic rings. The van der Waals surface area contributed by atoms with Gasteiger partial charge in [0.2, 0.25) is 0 Å². The number of imidazole rings is 1. The van der Waals surface area contributed by atoms with Crippen LogP contribution >= 0.6 is 0 Å². The molecule has 0 aromatic carbocycles. The van der Waals surface area contributed by atoms with E-state index in [4.69, 9.17) is 0 Å². The van der Waals surface area contributed by atoms with Gasteiger partial charge < -0.3 is 15.0 Å². The number of carbonyl (C=O) groups is 1. The second-order valence-electron chi connectivity index (χ2n) is 5.55. The summed E-state index contributed by atoms with van der Waals surface area (Å²) in [5.41, 5.74) is 1.65. The Bertz CT molecular complexity index is 481. The summed E-state index contributed by atoms with van der Waals surface area (Å²) in [5, 5.41) is 12.2. The third kappa shape index (κ3) is 2.66. The van der Waals surface area contributed by atoms with Gasteiger partial charge in [-0.25, -0.2) is 4.98 Å². The number of carboxylic acids is 1. The molecule has 0 spiro atoms. The highest BCUT2D eigenvalue weighted by molar-refractivity contribution is 5.78. The zero-order valence-electron chi connectivity index (χ0n) is 12.0. The van der Waals surface area contributed by atoms with Crippen LogP contribution in [0.25, 0.3) is 0 Å². The Morgan fingerprint density at radius 3 is 2.79 bits per heavy atom. The van der Waals surface area contributed by atoms with E-state index in [0.717, 1.165) is 18.7 Å². The Kier molecular flexibility index (Phi) is 3.94. The van der Waals surface area contributed by atoms with Crippen LogP contribution in [0, 0.1) is 6.92 Å². The summed E-state index contributed by atoms with van der Waals surface area (Å²) in [6.07, 6.45) is 5.11. The number of hydrogen-bond acceptors (Lipinski definition) is 3. The number of likely N-dealkylation sites (N-methyl/N-ethyl adjacent to an activating group) is 1. The quantitative estimate of drug-likeness (QED) is 0.847. The predicted molar refractivity (Wildman–Crippen MR) is 73.3 cm³/mol. The summed E-state index contributed by atoms with van der Waals surface area (Å²) in [5.74, 6) is 0.206. The van der Waals surface area contributed by atoms with Crippen molar-refractivity contribution in [3.63, 3.8) is 0 Å². The van der Waals surface area contributed by atoms with Crippen molar-refractivity contribution >= 4 is 5.97 Å². The zero-order valence-corrected chi connectivity index (χ0v) is 12.0. The first kappa shape index (κ1) is 14.1. The Hall–Kier alpha value is -1.36. The lowest BCUT2D eigenvalue weighted by molar-refractivity contribution is -0.144. The van der Waals surface area contributed by atoms with E-state index in [0.29, 0.717) is 13.0 Å². The van der Waals surface area contributed by atoms with E-state index >= 15 is 0 Å². The second-order valence-corrected chi connectivity index (χ2v) is 5.55. The lowest BCUT2D eigenvalue weighted by Gasteiger charge is -2.25. The number of fused-ring (bicyclic) bond motifs is 1. The van der Waals surface area contributed by atoms with Gasteiger partial charge >= 0.3 is 5.97 Å². The van der Waals surface area contributed by atoms with Gasteiger partial charge in [0.15, 0.2) is 0 Å². The summed E-state index contributed by atoms with van der Waals surface area (Å²) in [4.78, 5) is 15.9. The Balaban J connectivity index is 2.16. The molecule has 0 bridgehead atoms. The van der Waals surface area contributed by atoms with Crippen molar-refractivity contribution in [2.24, 2.45) is 0 Å². The Morgan fingerprint density at radius 1 is 1.47 bits per heavy atom. The fourth-order valence-corrected chi connectivity index (χ4v) is 2.71. The van der Waals surface area contributed by atoms with Crippen LogP contribution in [-0.4, -0.2) is 33.2 Å². The number of nitrogens with one attached hydrogen (secondary N) is 1. The van der Waals surface area contributed by atoms with E-state index in [2.05, 4.69) is 14.9 Å². The standard InChI is InChI=1S/C14H23N3O2/c1-10-16-11-6-4-5-7-12(11)17(10)9-8-14(2,15-3)13(18)19/h15H,4-9H2,1-3H3,(H,18,19). The van der Waals surface area contributed by atoms with Crippen LogP contribution in [0.4, 0.5) is 0 Å². The van der Waals surface area contributed by atoms with Gasteiger partial charge in [-0.15, -0.1) is 0 Å². The first-order chi connectivity index (χ1) is 8.98. The molecule has 0 aliphatic heterocycles. The lowest BCUT2D eigenvalue weighted by atomic mass is 9.97. The van der Waals surface area contributed by atoms with Gasteiger partial charge in [0, 0.05) is 12.2 Å². The normalized spacial score (nSPS) is 17.8. The fourth-order valence-electron chi connectivity index (χ4n) is 2.71. The maximum Gasteiger partial charge on any atom is 0.323 e. The number of aliphatic carboxylic acids is 1. The SMILES string of the molecule is CNC(C)(CCn1c(C)nc2c1CCCC2)C(=O)O. The highest BCUT2D eigenvalue weighted by atomic mass is 16.4. The highest BCUT2D eigenvalue weighted by Crippen LogP contribution is 2.23. The third-order valence-electron chi connectivity index (χ3n) is 4.28. The molecule has 1 heterocycles. The van der Waals surface area contributed by atoms with Crippen molar-refractivity contribution in [2.45, 2.75) is 58.0 Å². The molecule has 5 heteroatoms. The molecule has 19 heavy (non-hydrogen) atoms. The number of aromatic nitrogens is 2. The molecule has 5 nitrogen and oxygen atoms in total. The lowest BCUT2D eigenvalue weighted by Crippen LogP contribution is -2.48. The van der Waals surface area contributed by atoms with Gasteiger partial charge in [-0.2, -0.15) is 0 Å².